The summed E-state index contributed by atoms with van der Waals surface area (Å²) < 4.78 is 4.63. The molecule has 0 aromatic rings. The minimum absolute atomic E-state index is 0.0474. The van der Waals surface area contributed by atoms with Crippen molar-refractivity contribution >= 4 is 11.9 Å². The molecule has 0 heterocycles. The van der Waals surface area contributed by atoms with Gasteiger partial charge in [0.2, 0.25) is 0 Å². The van der Waals surface area contributed by atoms with Crippen LogP contribution in [-0.4, -0.2) is 11.9 Å². The van der Waals surface area contributed by atoms with Crippen molar-refractivity contribution in [1.82, 2.24) is 0 Å². The summed E-state index contributed by atoms with van der Waals surface area (Å²) in [5.74, 6) is -0.898. The van der Waals surface area contributed by atoms with Gasteiger partial charge in [-0.2, -0.15) is 0 Å². The monoisotopic (exact) mass is 182 g/mol. The Kier molecular flexibility index (Phi) is 3.68. The van der Waals surface area contributed by atoms with Crippen LogP contribution in [0, 0.1) is 5.92 Å². The largest absolute Gasteiger partial charge is 0.393 e. The van der Waals surface area contributed by atoms with Crippen LogP contribution < -0.4 is 0 Å². The fourth-order valence-electron chi connectivity index (χ4n) is 1.52. The molecule has 0 spiro atoms. The summed E-state index contributed by atoms with van der Waals surface area (Å²) in [6, 6.07) is 0. The summed E-state index contributed by atoms with van der Waals surface area (Å²) in [4.78, 5) is 22.1. The zero-order valence-corrected chi connectivity index (χ0v) is 7.62. The summed E-state index contributed by atoms with van der Waals surface area (Å²) in [5.41, 5.74) is 0. The van der Waals surface area contributed by atoms with Crippen LogP contribution >= 0.6 is 0 Å². The average molecular weight is 182 g/mol. The van der Waals surface area contributed by atoms with Gasteiger partial charge in [-0.25, -0.2) is 0 Å². The lowest BCUT2D eigenvalue weighted by Crippen LogP contribution is -2.18. The Morgan fingerprint density at radius 2 is 2.00 bits per heavy atom. The highest BCUT2D eigenvalue weighted by atomic mass is 16.6. The van der Waals surface area contributed by atoms with Crippen LogP contribution in [0.1, 0.15) is 32.1 Å². The molecule has 0 saturated heterocycles. The topological polar surface area (TPSA) is 43.4 Å². The van der Waals surface area contributed by atoms with Gasteiger partial charge in [-0.15, -0.1) is 6.58 Å². The fourth-order valence-corrected chi connectivity index (χ4v) is 1.52. The Morgan fingerprint density at radius 1 is 1.38 bits per heavy atom. The van der Waals surface area contributed by atoms with E-state index in [0.717, 1.165) is 25.7 Å². The molecule has 1 aliphatic carbocycles. The SMILES string of the molecule is C=CCC(=O)OC(=O)C1CCCC1. The second-order valence-corrected chi connectivity index (χ2v) is 3.27. The first kappa shape index (κ1) is 9.96. The summed E-state index contributed by atoms with van der Waals surface area (Å²) in [7, 11) is 0. The number of carbonyl (C=O) groups is 2. The molecule has 13 heavy (non-hydrogen) atoms. The van der Waals surface area contributed by atoms with Crippen molar-refractivity contribution in [2.75, 3.05) is 0 Å². The summed E-state index contributed by atoms with van der Waals surface area (Å²) >= 11 is 0. The number of hydrogen-bond donors (Lipinski definition) is 0. The molecular weight excluding hydrogens is 168 g/mol. The lowest BCUT2D eigenvalue weighted by molar-refractivity contribution is -0.161. The highest BCUT2D eigenvalue weighted by molar-refractivity contribution is 5.87. The first-order valence-electron chi connectivity index (χ1n) is 4.59. The maximum Gasteiger partial charge on any atom is 0.317 e. The Morgan fingerprint density at radius 3 is 2.54 bits per heavy atom. The van der Waals surface area contributed by atoms with Gasteiger partial charge in [-0.1, -0.05) is 18.9 Å². The molecule has 1 aliphatic rings. The predicted molar refractivity (Wildman–Crippen MR) is 47.9 cm³/mol. The third kappa shape index (κ3) is 3.01. The van der Waals surface area contributed by atoms with Gasteiger partial charge in [-0.05, 0) is 12.8 Å². The molecule has 0 radical (unpaired) electrons. The van der Waals surface area contributed by atoms with Crippen molar-refractivity contribution < 1.29 is 14.3 Å². The summed E-state index contributed by atoms with van der Waals surface area (Å²) in [6.07, 6.45) is 5.40. The minimum atomic E-state index is -0.494. The molecule has 0 bridgehead atoms. The molecule has 3 heteroatoms. The average Bonchev–Trinajstić information content (AvgIpc) is 2.55. The first-order chi connectivity index (χ1) is 6.24. The number of hydrogen-bond acceptors (Lipinski definition) is 3. The molecule has 0 aliphatic heterocycles. The maximum absolute atomic E-state index is 11.3. The number of rotatable bonds is 3. The molecule has 1 rings (SSSR count). The van der Waals surface area contributed by atoms with Crippen LogP contribution in [0.2, 0.25) is 0 Å². The van der Waals surface area contributed by atoms with Crippen LogP contribution in [0.3, 0.4) is 0 Å². The van der Waals surface area contributed by atoms with Crippen LogP contribution in [-0.2, 0) is 14.3 Å². The first-order valence-corrected chi connectivity index (χ1v) is 4.59. The lowest BCUT2D eigenvalue weighted by Gasteiger charge is -2.06. The molecule has 72 valence electrons. The Labute approximate surface area is 77.8 Å². The molecule has 3 nitrogen and oxygen atoms in total. The van der Waals surface area contributed by atoms with Gasteiger partial charge in [-0.3, -0.25) is 9.59 Å². The summed E-state index contributed by atoms with van der Waals surface area (Å²) in [6.45, 7) is 3.39. The number of carbonyl (C=O) groups excluding carboxylic acids is 2. The third-order valence-electron chi connectivity index (χ3n) is 2.21. The van der Waals surface area contributed by atoms with E-state index in [0.29, 0.717) is 0 Å². The Bertz CT molecular complexity index is 214. The molecule has 1 saturated carbocycles. The van der Waals surface area contributed by atoms with Crippen molar-refractivity contribution in [2.24, 2.45) is 5.92 Å². The highest BCUT2D eigenvalue weighted by Crippen LogP contribution is 2.25. The van der Waals surface area contributed by atoms with Gasteiger partial charge in [0.05, 0.1) is 12.3 Å². The van der Waals surface area contributed by atoms with Gasteiger partial charge in [0.1, 0.15) is 0 Å². The lowest BCUT2D eigenvalue weighted by atomic mass is 10.1. The predicted octanol–water partition coefficient (Wildman–Crippen LogP) is 1.82. The van der Waals surface area contributed by atoms with Crippen molar-refractivity contribution in [2.45, 2.75) is 32.1 Å². The van der Waals surface area contributed by atoms with Crippen molar-refractivity contribution in [3.05, 3.63) is 12.7 Å². The zero-order valence-electron chi connectivity index (χ0n) is 7.62. The van der Waals surface area contributed by atoms with Crippen molar-refractivity contribution in [3.63, 3.8) is 0 Å². The van der Waals surface area contributed by atoms with Crippen LogP contribution in [0.25, 0.3) is 0 Å². The number of ether oxygens (including phenoxy) is 1. The number of esters is 2. The summed E-state index contributed by atoms with van der Waals surface area (Å²) in [5, 5.41) is 0. The molecule has 0 amide bonds. The zero-order chi connectivity index (χ0) is 9.68. The smallest absolute Gasteiger partial charge is 0.317 e. The second-order valence-electron chi connectivity index (χ2n) is 3.27. The molecule has 0 aromatic carbocycles. The van der Waals surface area contributed by atoms with E-state index in [4.69, 9.17) is 0 Å². The maximum atomic E-state index is 11.3. The Balaban J connectivity index is 2.31. The van der Waals surface area contributed by atoms with E-state index in [1.165, 1.54) is 6.08 Å². The van der Waals surface area contributed by atoms with Gasteiger partial charge < -0.3 is 4.74 Å². The van der Waals surface area contributed by atoms with Gasteiger partial charge in [0.15, 0.2) is 0 Å². The fraction of sp³-hybridized carbons (Fsp3) is 0.600. The van der Waals surface area contributed by atoms with Crippen molar-refractivity contribution in [3.8, 4) is 0 Å². The molecule has 0 aromatic heterocycles. The van der Waals surface area contributed by atoms with E-state index < -0.39 is 5.97 Å². The molecule has 0 atom stereocenters. The van der Waals surface area contributed by atoms with E-state index in [1.807, 2.05) is 0 Å². The van der Waals surface area contributed by atoms with E-state index in [1.54, 1.807) is 0 Å². The van der Waals surface area contributed by atoms with Crippen LogP contribution in [0.5, 0.6) is 0 Å². The van der Waals surface area contributed by atoms with Gasteiger partial charge in [0.25, 0.3) is 0 Å². The van der Waals surface area contributed by atoms with E-state index in [2.05, 4.69) is 11.3 Å². The third-order valence-corrected chi connectivity index (χ3v) is 2.21. The second kappa shape index (κ2) is 4.80. The highest BCUT2D eigenvalue weighted by Gasteiger charge is 2.25. The van der Waals surface area contributed by atoms with Gasteiger partial charge >= 0.3 is 11.9 Å². The van der Waals surface area contributed by atoms with Crippen molar-refractivity contribution in [1.29, 1.82) is 0 Å². The molecular formula is C10H14O3. The molecule has 0 N–H and O–H groups in total. The van der Waals surface area contributed by atoms with Crippen LogP contribution in [0.4, 0.5) is 0 Å². The van der Waals surface area contributed by atoms with Crippen LogP contribution in [0.15, 0.2) is 12.7 Å². The van der Waals surface area contributed by atoms with Gasteiger partial charge in [0, 0.05) is 0 Å². The van der Waals surface area contributed by atoms with E-state index in [9.17, 15) is 9.59 Å². The molecule has 1 fully saturated rings. The Hall–Kier alpha value is -1.12. The molecule has 0 unspecified atom stereocenters. The standard InChI is InChI=1S/C10H14O3/c1-2-5-9(11)13-10(12)8-6-3-4-7-8/h2,8H,1,3-7H2. The normalized spacial score (nSPS) is 16.9. The van der Waals surface area contributed by atoms with E-state index in [-0.39, 0.29) is 18.3 Å². The quantitative estimate of drug-likeness (QED) is 0.380. The van der Waals surface area contributed by atoms with E-state index >= 15 is 0 Å². The minimum Gasteiger partial charge on any atom is -0.393 e.